The largest absolute Gasteiger partial charge is 0.481 e. The fraction of sp³-hybridized carbons (Fsp3) is 0.333. The first-order valence-electron chi connectivity index (χ1n) is 13.9. The summed E-state index contributed by atoms with van der Waals surface area (Å²) in [7, 11) is 1.24. The van der Waals surface area contributed by atoms with Crippen molar-refractivity contribution in [2.24, 2.45) is 0 Å². The summed E-state index contributed by atoms with van der Waals surface area (Å²) in [5.74, 6) is -1.29. The van der Waals surface area contributed by atoms with Crippen LogP contribution in [0.3, 0.4) is 0 Å². The van der Waals surface area contributed by atoms with Crippen molar-refractivity contribution in [1.29, 1.82) is 0 Å². The Kier molecular flexibility index (Phi) is 8.71. The van der Waals surface area contributed by atoms with Gasteiger partial charge in [0.15, 0.2) is 0 Å². The second kappa shape index (κ2) is 12.4. The third-order valence-electron chi connectivity index (χ3n) is 8.00. The molecule has 3 heterocycles. The number of methoxy groups -OCH3 is 1. The number of rotatable bonds is 7. The molecule has 5 nitrogen and oxygen atoms in total. The number of hydrogen-bond donors (Lipinski definition) is 0. The van der Waals surface area contributed by atoms with Gasteiger partial charge in [0.2, 0.25) is 11.7 Å². The fourth-order valence-corrected chi connectivity index (χ4v) is 6.06. The van der Waals surface area contributed by atoms with Gasteiger partial charge in [-0.15, -0.1) is 0 Å². The van der Waals surface area contributed by atoms with E-state index in [1.807, 2.05) is 0 Å². The van der Waals surface area contributed by atoms with Crippen molar-refractivity contribution in [1.82, 2.24) is 14.9 Å². The van der Waals surface area contributed by atoms with Gasteiger partial charge in [0.25, 0.3) is 0 Å². The molecule has 6 rings (SSSR count). The molecule has 1 aromatic heterocycles. The summed E-state index contributed by atoms with van der Waals surface area (Å²) in [6.07, 6.45) is 1.56. The van der Waals surface area contributed by atoms with Gasteiger partial charge >= 0.3 is 6.18 Å². The van der Waals surface area contributed by atoms with Gasteiger partial charge in [-0.2, -0.15) is 18.2 Å². The Bertz CT molecular complexity index is 1280. The number of halogens is 3. The highest BCUT2D eigenvalue weighted by molar-refractivity contribution is 5.47. The Morgan fingerprint density at radius 2 is 1.24 bits per heavy atom. The van der Waals surface area contributed by atoms with E-state index in [9.17, 15) is 13.2 Å². The van der Waals surface area contributed by atoms with Crippen molar-refractivity contribution in [3.63, 3.8) is 0 Å². The molecule has 8 heteroatoms. The molecule has 0 aliphatic carbocycles. The minimum atomic E-state index is -4.52. The Labute approximate surface area is 239 Å². The van der Waals surface area contributed by atoms with Crippen LogP contribution in [0.2, 0.25) is 0 Å². The molecule has 0 atom stereocenters. The molecule has 3 aromatic carbocycles. The maximum atomic E-state index is 11.9. The van der Waals surface area contributed by atoms with Gasteiger partial charge in [-0.05, 0) is 55.5 Å². The molecule has 0 N–H and O–H groups in total. The van der Waals surface area contributed by atoms with Gasteiger partial charge in [0, 0.05) is 17.8 Å². The summed E-state index contributed by atoms with van der Waals surface area (Å²) in [4.78, 5) is 8.83. The van der Waals surface area contributed by atoms with Crippen molar-refractivity contribution in [2.75, 3.05) is 26.8 Å². The van der Waals surface area contributed by atoms with Crippen molar-refractivity contribution in [3.05, 3.63) is 126 Å². The highest BCUT2D eigenvalue weighted by Gasteiger charge is 2.47. The monoisotopic (exact) mass is 561 g/mol. The zero-order valence-electron chi connectivity index (χ0n) is 23.1. The number of alkyl halides is 3. The molecule has 0 unspecified atom stereocenters. The highest BCUT2D eigenvalue weighted by Crippen LogP contribution is 2.45. The van der Waals surface area contributed by atoms with Crippen molar-refractivity contribution in [2.45, 2.75) is 43.0 Å². The van der Waals surface area contributed by atoms with Crippen molar-refractivity contribution >= 4 is 0 Å². The number of ether oxygens (including phenoxy) is 2. The van der Waals surface area contributed by atoms with E-state index in [1.54, 1.807) is 0 Å². The predicted octanol–water partition coefficient (Wildman–Crippen LogP) is 7.13. The van der Waals surface area contributed by atoms with Crippen LogP contribution in [0.5, 0.6) is 5.88 Å². The molecule has 0 saturated carbocycles. The van der Waals surface area contributed by atoms with Gasteiger partial charge in [-0.25, -0.2) is 4.98 Å². The molecule has 2 aliphatic rings. The summed E-state index contributed by atoms with van der Waals surface area (Å²) < 4.78 is 47.4. The molecule has 2 fully saturated rings. The molecule has 2 saturated heterocycles. The summed E-state index contributed by atoms with van der Waals surface area (Å²) in [6, 6.07) is 33.5. The van der Waals surface area contributed by atoms with Crippen LogP contribution in [0.25, 0.3) is 0 Å². The smallest absolute Gasteiger partial charge is 0.451 e. The summed E-state index contributed by atoms with van der Waals surface area (Å²) in [5.41, 5.74) is 3.18. The van der Waals surface area contributed by atoms with Crippen molar-refractivity contribution in [3.8, 4) is 5.88 Å². The number of benzene rings is 3. The third-order valence-corrected chi connectivity index (χ3v) is 8.00. The standard InChI is InChI=1S/C27H29NO.C6H5F3N2O/c1-4-12-23(13-5-1)27(24-14-6-2-7-15-24,25-16-8-3-9-17-25)29-22-26-18-10-20-28(26)21-11-19-26;1-12-4-2-3-10-5(11-4)6(7,8)9/h1-9,12-17H,10-11,18-22H2;2-3H,1H3. The van der Waals surface area contributed by atoms with E-state index in [0.717, 1.165) is 12.8 Å². The summed E-state index contributed by atoms with van der Waals surface area (Å²) >= 11 is 0. The van der Waals surface area contributed by atoms with Crippen LogP contribution in [0.4, 0.5) is 13.2 Å². The van der Waals surface area contributed by atoms with Crippen LogP contribution in [0.1, 0.15) is 48.2 Å². The average molecular weight is 562 g/mol. The third kappa shape index (κ3) is 6.14. The van der Waals surface area contributed by atoms with Gasteiger partial charge in [-0.1, -0.05) is 91.0 Å². The lowest BCUT2D eigenvalue weighted by Gasteiger charge is -2.40. The normalized spacial score (nSPS) is 16.5. The van der Waals surface area contributed by atoms with Crippen molar-refractivity contribution < 1.29 is 22.6 Å². The van der Waals surface area contributed by atoms with E-state index < -0.39 is 17.6 Å². The van der Waals surface area contributed by atoms with Crippen LogP contribution in [-0.4, -0.2) is 47.2 Å². The lowest BCUT2D eigenvalue weighted by atomic mass is 9.79. The summed E-state index contributed by atoms with van der Waals surface area (Å²) in [5, 5.41) is 0. The Morgan fingerprint density at radius 3 is 1.68 bits per heavy atom. The number of fused-ring (bicyclic) bond motifs is 1. The molecule has 4 aromatic rings. The molecule has 41 heavy (non-hydrogen) atoms. The van der Waals surface area contributed by atoms with E-state index in [0.29, 0.717) is 0 Å². The number of aromatic nitrogens is 2. The first-order valence-corrected chi connectivity index (χ1v) is 13.9. The van der Waals surface area contributed by atoms with Gasteiger partial charge < -0.3 is 9.47 Å². The minimum Gasteiger partial charge on any atom is -0.481 e. The van der Waals surface area contributed by atoms with Gasteiger partial charge in [-0.3, -0.25) is 4.90 Å². The van der Waals surface area contributed by atoms with Crippen LogP contribution >= 0.6 is 0 Å². The topological polar surface area (TPSA) is 47.5 Å². The first-order chi connectivity index (χ1) is 19.9. The molecule has 0 bridgehead atoms. The Morgan fingerprint density at radius 1 is 0.756 bits per heavy atom. The predicted molar refractivity (Wildman–Crippen MR) is 152 cm³/mol. The number of hydrogen-bond acceptors (Lipinski definition) is 5. The molecule has 0 spiro atoms. The molecule has 214 valence electrons. The first kappa shape index (κ1) is 28.8. The molecule has 2 aliphatic heterocycles. The van der Waals surface area contributed by atoms with E-state index in [1.165, 1.54) is 68.6 Å². The zero-order chi connectivity index (χ0) is 28.8. The second-order valence-electron chi connectivity index (χ2n) is 10.4. The van der Waals surface area contributed by atoms with Crippen LogP contribution in [0, 0.1) is 0 Å². The maximum absolute atomic E-state index is 11.9. The van der Waals surface area contributed by atoms with E-state index in [2.05, 4.69) is 111 Å². The minimum absolute atomic E-state index is 0.0997. The van der Waals surface area contributed by atoms with Gasteiger partial charge in [0.05, 0.1) is 13.7 Å². The lowest BCUT2D eigenvalue weighted by Crippen LogP contribution is -2.46. The molecule has 0 amide bonds. The fourth-order valence-electron chi connectivity index (χ4n) is 6.06. The quantitative estimate of drug-likeness (QED) is 0.225. The Hall–Kier alpha value is -3.75. The SMILES string of the molecule is COc1ccnc(C(F)(F)F)n1.c1ccc(C(OCC23CCCN2CCC3)(c2ccccc2)c2ccccc2)cc1. The van der Waals surface area contributed by atoms with E-state index >= 15 is 0 Å². The van der Waals surface area contributed by atoms with Crippen LogP contribution in [-0.2, 0) is 16.5 Å². The highest BCUT2D eigenvalue weighted by atomic mass is 19.4. The lowest BCUT2D eigenvalue weighted by molar-refractivity contribution is -0.145. The van der Waals surface area contributed by atoms with Crippen LogP contribution in [0.15, 0.2) is 103 Å². The van der Waals surface area contributed by atoms with Gasteiger partial charge in [0.1, 0.15) is 5.60 Å². The molecular formula is C33H34F3N3O2. The maximum Gasteiger partial charge on any atom is 0.451 e. The zero-order valence-corrected chi connectivity index (χ0v) is 23.1. The van der Waals surface area contributed by atoms with E-state index in [-0.39, 0.29) is 11.4 Å². The number of nitrogens with zero attached hydrogens (tertiary/aromatic N) is 3. The average Bonchev–Trinajstić information content (AvgIpc) is 3.60. The Balaban J connectivity index is 0.000000237. The summed E-state index contributed by atoms with van der Waals surface area (Å²) in [6.45, 7) is 3.21. The second-order valence-corrected chi connectivity index (χ2v) is 10.4. The molecule has 0 radical (unpaired) electrons. The van der Waals surface area contributed by atoms with Crippen LogP contribution < -0.4 is 4.74 Å². The molecular weight excluding hydrogens is 527 g/mol. The van der Waals surface area contributed by atoms with E-state index in [4.69, 9.17) is 4.74 Å².